The molecule has 2 aromatic rings. The Hall–Kier alpha value is -2.66. The maximum Gasteiger partial charge on any atom is 0.253 e. The van der Waals surface area contributed by atoms with E-state index in [1.165, 1.54) is 0 Å². The van der Waals surface area contributed by atoms with Gasteiger partial charge in [-0.15, -0.1) is 0 Å². The lowest BCUT2D eigenvalue weighted by molar-refractivity contribution is -0.124. The minimum Gasteiger partial charge on any atom is -0.368 e. The maximum absolute atomic E-state index is 12.3. The van der Waals surface area contributed by atoms with E-state index < -0.39 is 0 Å². The fourth-order valence-electron chi connectivity index (χ4n) is 2.63. The van der Waals surface area contributed by atoms with Gasteiger partial charge in [0.1, 0.15) is 6.10 Å². The zero-order valence-corrected chi connectivity index (χ0v) is 13.3. The second-order valence-corrected chi connectivity index (χ2v) is 5.74. The summed E-state index contributed by atoms with van der Waals surface area (Å²) in [4.78, 5) is 24.3. The summed E-state index contributed by atoms with van der Waals surface area (Å²) in [6.45, 7) is 1.09. The quantitative estimate of drug-likeness (QED) is 0.888. The molecule has 124 valence electrons. The van der Waals surface area contributed by atoms with Crippen LogP contribution >= 0.6 is 0 Å². The average Bonchev–Trinajstić information content (AvgIpc) is 3.15. The van der Waals surface area contributed by atoms with Gasteiger partial charge in [-0.3, -0.25) is 9.59 Å². The van der Waals surface area contributed by atoms with Crippen molar-refractivity contribution in [2.24, 2.45) is 0 Å². The van der Waals surface area contributed by atoms with Crippen LogP contribution in [-0.2, 0) is 16.1 Å². The highest BCUT2D eigenvalue weighted by Crippen LogP contribution is 2.16. The van der Waals surface area contributed by atoms with Crippen LogP contribution in [0.15, 0.2) is 54.6 Å². The first-order chi connectivity index (χ1) is 11.7. The second kappa shape index (κ2) is 7.75. The van der Waals surface area contributed by atoms with E-state index in [2.05, 4.69) is 10.6 Å². The summed E-state index contributed by atoms with van der Waals surface area (Å²) in [5, 5.41) is 5.68. The minimum atomic E-state index is -0.388. The molecular weight excluding hydrogens is 304 g/mol. The molecule has 1 fully saturated rings. The van der Waals surface area contributed by atoms with Gasteiger partial charge in [-0.05, 0) is 36.6 Å². The van der Waals surface area contributed by atoms with E-state index in [0.717, 1.165) is 18.4 Å². The van der Waals surface area contributed by atoms with Gasteiger partial charge in [0, 0.05) is 24.4 Å². The van der Waals surface area contributed by atoms with Crippen LogP contribution in [0, 0.1) is 0 Å². The molecule has 1 unspecified atom stereocenters. The zero-order chi connectivity index (χ0) is 16.8. The van der Waals surface area contributed by atoms with Gasteiger partial charge in [-0.1, -0.05) is 36.4 Å². The number of anilines is 1. The van der Waals surface area contributed by atoms with Crippen LogP contribution in [0.4, 0.5) is 5.69 Å². The Kier molecular flexibility index (Phi) is 5.23. The van der Waals surface area contributed by atoms with Crippen LogP contribution in [0.25, 0.3) is 0 Å². The SMILES string of the molecule is O=C(NCc1ccccc1)c1cccc(NC(=O)C2CCCO2)c1. The molecule has 1 aliphatic rings. The van der Waals surface area contributed by atoms with Crippen molar-refractivity contribution in [2.45, 2.75) is 25.5 Å². The predicted molar refractivity (Wildman–Crippen MR) is 91.7 cm³/mol. The van der Waals surface area contributed by atoms with Gasteiger partial charge in [0.15, 0.2) is 0 Å². The Morgan fingerprint density at radius 1 is 1.08 bits per heavy atom. The Bertz CT molecular complexity index is 710. The molecule has 1 aliphatic heterocycles. The molecule has 1 saturated heterocycles. The van der Waals surface area contributed by atoms with E-state index in [1.807, 2.05) is 30.3 Å². The molecular formula is C19H20N2O3. The van der Waals surface area contributed by atoms with Crippen LogP contribution in [0.2, 0.25) is 0 Å². The number of benzene rings is 2. The van der Waals surface area contributed by atoms with Crippen molar-refractivity contribution in [3.8, 4) is 0 Å². The molecule has 1 heterocycles. The summed E-state index contributed by atoms with van der Waals surface area (Å²) in [6, 6.07) is 16.6. The molecule has 2 amide bonds. The van der Waals surface area contributed by atoms with Crippen molar-refractivity contribution in [3.05, 3.63) is 65.7 Å². The molecule has 0 aliphatic carbocycles. The number of carbonyl (C=O) groups excluding carboxylic acids is 2. The number of carbonyl (C=O) groups is 2. The first kappa shape index (κ1) is 16.2. The van der Waals surface area contributed by atoms with Gasteiger partial charge < -0.3 is 15.4 Å². The minimum absolute atomic E-state index is 0.158. The van der Waals surface area contributed by atoms with Crippen molar-refractivity contribution < 1.29 is 14.3 Å². The molecule has 2 aromatic carbocycles. The third kappa shape index (κ3) is 4.20. The lowest BCUT2D eigenvalue weighted by Gasteiger charge is -2.11. The largest absolute Gasteiger partial charge is 0.368 e. The number of nitrogens with one attached hydrogen (secondary N) is 2. The van der Waals surface area contributed by atoms with Crippen LogP contribution in [0.3, 0.4) is 0 Å². The van der Waals surface area contributed by atoms with E-state index >= 15 is 0 Å². The van der Waals surface area contributed by atoms with E-state index in [1.54, 1.807) is 24.3 Å². The molecule has 5 nitrogen and oxygen atoms in total. The Labute approximate surface area is 141 Å². The van der Waals surface area contributed by atoms with E-state index in [9.17, 15) is 9.59 Å². The number of ether oxygens (including phenoxy) is 1. The summed E-state index contributed by atoms with van der Waals surface area (Å²) in [5.41, 5.74) is 2.15. The lowest BCUT2D eigenvalue weighted by Crippen LogP contribution is -2.27. The highest BCUT2D eigenvalue weighted by molar-refractivity contribution is 5.98. The van der Waals surface area contributed by atoms with E-state index in [0.29, 0.717) is 24.4 Å². The molecule has 3 rings (SSSR count). The highest BCUT2D eigenvalue weighted by atomic mass is 16.5. The number of hydrogen-bond acceptors (Lipinski definition) is 3. The second-order valence-electron chi connectivity index (χ2n) is 5.74. The van der Waals surface area contributed by atoms with E-state index in [-0.39, 0.29) is 17.9 Å². The van der Waals surface area contributed by atoms with Crippen molar-refractivity contribution >= 4 is 17.5 Å². The van der Waals surface area contributed by atoms with E-state index in [4.69, 9.17) is 4.74 Å². The fraction of sp³-hybridized carbons (Fsp3) is 0.263. The van der Waals surface area contributed by atoms with Gasteiger partial charge in [0.2, 0.25) is 0 Å². The Morgan fingerprint density at radius 3 is 2.67 bits per heavy atom. The molecule has 5 heteroatoms. The first-order valence-electron chi connectivity index (χ1n) is 8.07. The van der Waals surface area contributed by atoms with Crippen molar-refractivity contribution in [3.63, 3.8) is 0 Å². The Balaban J connectivity index is 1.59. The molecule has 24 heavy (non-hydrogen) atoms. The molecule has 0 aromatic heterocycles. The van der Waals surface area contributed by atoms with Gasteiger partial charge >= 0.3 is 0 Å². The maximum atomic E-state index is 12.3. The molecule has 0 radical (unpaired) electrons. The van der Waals surface area contributed by atoms with Crippen molar-refractivity contribution in [1.29, 1.82) is 0 Å². The average molecular weight is 324 g/mol. The third-order valence-corrected chi connectivity index (χ3v) is 3.91. The normalized spacial score (nSPS) is 16.6. The zero-order valence-electron chi connectivity index (χ0n) is 13.3. The standard InChI is InChI=1S/C19H20N2O3/c22-18(20-13-14-6-2-1-3-7-14)15-8-4-9-16(12-15)21-19(23)17-10-5-11-24-17/h1-4,6-9,12,17H,5,10-11,13H2,(H,20,22)(H,21,23). The fourth-order valence-corrected chi connectivity index (χ4v) is 2.63. The smallest absolute Gasteiger partial charge is 0.253 e. The molecule has 0 saturated carbocycles. The first-order valence-corrected chi connectivity index (χ1v) is 8.07. The Morgan fingerprint density at radius 2 is 1.92 bits per heavy atom. The highest BCUT2D eigenvalue weighted by Gasteiger charge is 2.23. The van der Waals surface area contributed by atoms with Gasteiger partial charge in [-0.2, -0.15) is 0 Å². The van der Waals surface area contributed by atoms with Gasteiger partial charge in [0.25, 0.3) is 11.8 Å². The topological polar surface area (TPSA) is 67.4 Å². The molecule has 1 atom stereocenters. The van der Waals surface area contributed by atoms with Crippen LogP contribution in [0.1, 0.15) is 28.8 Å². The summed E-state index contributed by atoms with van der Waals surface area (Å²) in [6.07, 6.45) is 1.25. The van der Waals surface area contributed by atoms with Crippen LogP contribution in [-0.4, -0.2) is 24.5 Å². The summed E-state index contributed by atoms with van der Waals surface area (Å²) < 4.78 is 5.36. The number of amides is 2. The monoisotopic (exact) mass is 324 g/mol. The summed E-state index contributed by atoms with van der Waals surface area (Å²) in [7, 11) is 0. The predicted octanol–water partition coefficient (Wildman–Crippen LogP) is 2.73. The summed E-state index contributed by atoms with van der Waals surface area (Å²) >= 11 is 0. The van der Waals surface area contributed by atoms with Crippen molar-refractivity contribution in [1.82, 2.24) is 5.32 Å². The lowest BCUT2D eigenvalue weighted by atomic mass is 10.1. The number of rotatable bonds is 5. The van der Waals surface area contributed by atoms with Crippen LogP contribution < -0.4 is 10.6 Å². The summed E-state index contributed by atoms with van der Waals surface area (Å²) in [5.74, 6) is -0.332. The molecule has 0 spiro atoms. The third-order valence-electron chi connectivity index (χ3n) is 3.91. The van der Waals surface area contributed by atoms with Gasteiger partial charge in [-0.25, -0.2) is 0 Å². The van der Waals surface area contributed by atoms with Gasteiger partial charge in [0.05, 0.1) is 0 Å². The number of hydrogen-bond donors (Lipinski definition) is 2. The molecule has 2 N–H and O–H groups in total. The van der Waals surface area contributed by atoms with Crippen molar-refractivity contribution in [2.75, 3.05) is 11.9 Å². The van der Waals surface area contributed by atoms with Crippen LogP contribution in [0.5, 0.6) is 0 Å². The molecule has 0 bridgehead atoms.